The summed E-state index contributed by atoms with van der Waals surface area (Å²) in [4.78, 5) is 20.9. The van der Waals surface area contributed by atoms with Crippen LogP contribution < -0.4 is 11.0 Å². The van der Waals surface area contributed by atoms with Gasteiger partial charge >= 0.3 is 5.56 Å². The fourth-order valence-electron chi connectivity index (χ4n) is 0.386. The van der Waals surface area contributed by atoms with E-state index in [-0.39, 0.29) is 0 Å². The highest BCUT2D eigenvalue weighted by atomic mass is 16.2. The highest BCUT2D eigenvalue weighted by molar-refractivity contribution is 4.86. The Hall–Kier alpha value is -1.65. The molecule has 0 atom stereocenters. The van der Waals surface area contributed by atoms with Crippen LogP contribution in [0, 0.1) is 0 Å². The molecule has 0 aromatic carbocycles. The van der Waals surface area contributed by atoms with Crippen LogP contribution in [0.3, 0.4) is 0 Å². The highest BCUT2D eigenvalue weighted by Crippen LogP contribution is 1.57. The molecule has 0 saturated heterocycles. The predicted octanol–water partition coefficient (Wildman–Crippen LogP) is -1.41. The first kappa shape index (κ1) is 6.47. The van der Waals surface area contributed by atoms with Gasteiger partial charge in [-0.25, -0.2) is 0 Å². The van der Waals surface area contributed by atoms with Crippen molar-refractivity contribution in [3.8, 4) is 0 Å². The Kier molecular flexibility index (Phi) is 1.79. The van der Waals surface area contributed by atoms with Crippen molar-refractivity contribution in [1.29, 1.82) is 0 Å². The third-order valence-electron chi connectivity index (χ3n) is 0.798. The number of rotatable bonds is 0. The molecule has 5 heteroatoms. The lowest BCUT2D eigenvalue weighted by molar-refractivity contribution is 0.854. The quantitative estimate of drug-likeness (QED) is 0.411. The van der Waals surface area contributed by atoms with Crippen LogP contribution in [0.1, 0.15) is 0 Å². The van der Waals surface area contributed by atoms with E-state index in [1.54, 1.807) is 0 Å². The molecule has 1 rings (SSSR count). The normalized spacial score (nSPS) is 8.80. The first-order chi connectivity index (χ1) is 4.80. The van der Waals surface area contributed by atoms with Crippen molar-refractivity contribution in [2.45, 2.75) is 0 Å². The maximum absolute atomic E-state index is 10.5. The Labute approximate surface area is 55.4 Å². The fraction of sp³-hybridized carbons (Fsp3) is 0. The van der Waals surface area contributed by atoms with E-state index < -0.39 is 11.0 Å². The maximum atomic E-state index is 10.5. The van der Waals surface area contributed by atoms with Gasteiger partial charge in [0.1, 0.15) is 0 Å². The molecule has 0 aliphatic carbocycles. The summed E-state index contributed by atoms with van der Waals surface area (Å²) < 4.78 is 0. The van der Waals surface area contributed by atoms with Gasteiger partial charge in [0.25, 0.3) is 0 Å². The van der Waals surface area contributed by atoms with Gasteiger partial charge in [0.05, 0.1) is 6.20 Å². The molecular weight excluding hydrogens is 134 g/mol. The molecule has 0 aliphatic heterocycles. The van der Waals surface area contributed by atoms with Gasteiger partial charge in [-0.2, -0.15) is 0 Å². The lowest BCUT2D eigenvalue weighted by Gasteiger charge is -1.68. The van der Waals surface area contributed by atoms with Gasteiger partial charge in [-0.1, -0.05) is 5.10 Å². The van der Waals surface area contributed by atoms with E-state index in [0.717, 1.165) is 6.07 Å². The molecule has 1 heterocycles. The van der Waals surface area contributed by atoms with Gasteiger partial charge in [0.2, 0.25) is 5.43 Å². The third kappa shape index (κ3) is 1.41. The van der Waals surface area contributed by atoms with Crippen LogP contribution in [0.15, 0.2) is 27.9 Å². The molecule has 0 unspecified atom stereocenters. The summed E-state index contributed by atoms with van der Waals surface area (Å²) in [7, 11) is 0. The zero-order chi connectivity index (χ0) is 7.40. The molecule has 0 N–H and O–H groups in total. The molecule has 1 aromatic rings. The monoisotopic (exact) mass is 137 g/mol. The van der Waals surface area contributed by atoms with Crippen LogP contribution in [-0.2, 0) is 0 Å². The number of hydrogen-bond acceptors (Lipinski definition) is 5. The van der Waals surface area contributed by atoms with Gasteiger partial charge in [0.15, 0.2) is 0 Å². The van der Waals surface area contributed by atoms with Crippen LogP contribution in [0.5, 0.6) is 0 Å². The van der Waals surface area contributed by atoms with Crippen LogP contribution in [0.4, 0.5) is 0 Å². The van der Waals surface area contributed by atoms with E-state index in [4.69, 9.17) is 0 Å². The smallest absolute Gasteiger partial charge is 0.284 e. The van der Waals surface area contributed by atoms with Crippen LogP contribution in [0.25, 0.3) is 0 Å². The molecule has 1 aromatic heterocycles. The zero-order valence-electron chi connectivity index (χ0n) is 4.89. The molecular formula is C5H3N3O2. The minimum Gasteiger partial charge on any atom is -0.284 e. The topological polar surface area (TPSA) is 72.8 Å². The van der Waals surface area contributed by atoms with Crippen LogP contribution in [-0.4, -0.2) is 15.4 Å². The first-order valence-electron chi connectivity index (χ1n) is 2.50. The molecule has 0 bridgehead atoms. The predicted molar refractivity (Wildman–Crippen MR) is 32.4 cm³/mol. The fourth-order valence-corrected chi connectivity index (χ4v) is 0.386. The second-order valence-corrected chi connectivity index (χ2v) is 1.48. The standard InChI is InChI=1S/C5H3N3O2/c9-4-2-1-3-6-8-7-5(4)10/h1-3H. The molecule has 0 saturated carbocycles. The second-order valence-electron chi connectivity index (χ2n) is 1.48. The average molecular weight is 137 g/mol. The molecule has 0 spiro atoms. The van der Waals surface area contributed by atoms with E-state index in [1.807, 2.05) is 0 Å². The van der Waals surface area contributed by atoms with Crippen molar-refractivity contribution in [2.75, 3.05) is 0 Å². The van der Waals surface area contributed by atoms with E-state index in [0.29, 0.717) is 0 Å². The summed E-state index contributed by atoms with van der Waals surface area (Å²) in [6.07, 6.45) is 1.27. The second kappa shape index (κ2) is 2.77. The molecule has 0 aliphatic rings. The molecule has 50 valence electrons. The van der Waals surface area contributed by atoms with Gasteiger partial charge < -0.3 is 0 Å². The van der Waals surface area contributed by atoms with E-state index in [9.17, 15) is 9.59 Å². The summed E-state index contributed by atoms with van der Waals surface area (Å²) in [5.41, 5.74) is -1.58. The minimum atomic E-state index is -0.895. The first-order valence-corrected chi connectivity index (χ1v) is 2.50. The Bertz CT molecular complexity index is 304. The zero-order valence-corrected chi connectivity index (χ0v) is 4.89. The Balaban J connectivity index is 3.52. The van der Waals surface area contributed by atoms with Crippen molar-refractivity contribution >= 4 is 0 Å². The summed E-state index contributed by atoms with van der Waals surface area (Å²) in [5, 5.41) is 9.28. The summed E-state index contributed by atoms with van der Waals surface area (Å²) in [5.74, 6) is 0. The molecule has 10 heavy (non-hydrogen) atoms. The van der Waals surface area contributed by atoms with Crippen molar-refractivity contribution in [1.82, 2.24) is 15.4 Å². The van der Waals surface area contributed by atoms with E-state index in [1.165, 1.54) is 12.3 Å². The summed E-state index contributed by atoms with van der Waals surface area (Å²) in [6, 6.07) is 2.42. The van der Waals surface area contributed by atoms with Crippen LogP contribution >= 0.6 is 0 Å². The number of aromatic nitrogens is 3. The highest BCUT2D eigenvalue weighted by Gasteiger charge is 1.84. The lowest BCUT2D eigenvalue weighted by atomic mass is 10.5. The molecule has 0 fully saturated rings. The Morgan fingerprint density at radius 2 is 2.10 bits per heavy atom. The Morgan fingerprint density at radius 3 is 2.90 bits per heavy atom. The lowest BCUT2D eigenvalue weighted by Crippen LogP contribution is -2.24. The third-order valence-corrected chi connectivity index (χ3v) is 0.798. The molecule has 0 amide bonds. The van der Waals surface area contributed by atoms with Crippen molar-refractivity contribution < 1.29 is 0 Å². The van der Waals surface area contributed by atoms with Gasteiger partial charge in [-0.3, -0.25) is 9.59 Å². The average Bonchev–Trinajstić information content (AvgIpc) is 1.92. The summed E-state index contributed by atoms with van der Waals surface area (Å²) >= 11 is 0. The van der Waals surface area contributed by atoms with E-state index in [2.05, 4.69) is 15.4 Å². The number of nitrogens with zero attached hydrogens (tertiary/aromatic N) is 3. The largest absolute Gasteiger partial charge is 0.337 e. The van der Waals surface area contributed by atoms with Crippen molar-refractivity contribution in [2.24, 2.45) is 0 Å². The van der Waals surface area contributed by atoms with Gasteiger partial charge in [-0.05, 0) is 17.3 Å². The molecule has 5 nitrogen and oxygen atoms in total. The van der Waals surface area contributed by atoms with Crippen LogP contribution in [0.2, 0.25) is 0 Å². The number of hydrogen-bond donors (Lipinski definition) is 0. The van der Waals surface area contributed by atoms with Crippen molar-refractivity contribution in [3.05, 3.63) is 38.9 Å². The Morgan fingerprint density at radius 1 is 1.30 bits per heavy atom. The minimum absolute atomic E-state index is 0.685. The van der Waals surface area contributed by atoms with E-state index >= 15 is 0 Å². The van der Waals surface area contributed by atoms with Gasteiger partial charge in [0, 0.05) is 0 Å². The SMILES string of the molecule is O=c1cccnnnc1=O. The maximum Gasteiger partial charge on any atom is 0.337 e. The summed E-state index contributed by atoms with van der Waals surface area (Å²) in [6.45, 7) is 0. The molecule has 0 radical (unpaired) electrons. The van der Waals surface area contributed by atoms with Gasteiger partial charge in [-0.15, -0.1) is 5.10 Å². The van der Waals surface area contributed by atoms with Crippen molar-refractivity contribution in [3.63, 3.8) is 0 Å².